The summed E-state index contributed by atoms with van der Waals surface area (Å²) < 4.78 is 2.54. The Morgan fingerprint density at radius 2 is 0.592 bits per heavy atom. The Morgan fingerprint density at radius 1 is 0.272 bits per heavy atom. The van der Waals surface area contributed by atoms with Gasteiger partial charge in [-0.2, -0.15) is 0 Å². The maximum Gasteiger partial charge on any atom is 0.252 e. The summed E-state index contributed by atoms with van der Waals surface area (Å²) in [7, 11) is -9.10. The molecule has 0 amide bonds. The highest BCUT2D eigenvalue weighted by atomic mass is 28.3. The fourth-order valence-electron chi connectivity index (χ4n) is 18.4. The fraction of sp³-hybridized carbons (Fsp3) is 0.0208. The molecule has 15 aromatic carbocycles. The summed E-state index contributed by atoms with van der Waals surface area (Å²) in [5.74, 6) is 0. The van der Waals surface area contributed by atoms with Crippen molar-refractivity contribution in [3.8, 4) is 5.69 Å². The number of aromatic nitrogens is 1. The summed E-state index contributed by atoms with van der Waals surface area (Å²) in [5.41, 5.74) is 14.4. The zero-order valence-corrected chi connectivity index (χ0v) is 60.0. The van der Waals surface area contributed by atoms with E-state index in [2.05, 4.69) is 433 Å². The van der Waals surface area contributed by atoms with Crippen LogP contribution in [0.5, 0.6) is 0 Å². The molecule has 0 bridgehead atoms. The number of para-hydroxylation sites is 3. The largest absolute Gasteiger partial charge is 0.312 e. The van der Waals surface area contributed by atoms with Crippen molar-refractivity contribution in [3.63, 3.8) is 0 Å². The van der Waals surface area contributed by atoms with Gasteiger partial charge in [-0.15, -0.1) is 0 Å². The molecular weight excluding hydrogens is 1290 g/mol. The number of anilines is 5. The molecule has 0 saturated carbocycles. The van der Waals surface area contributed by atoms with Crippen LogP contribution >= 0.6 is 0 Å². The summed E-state index contributed by atoms with van der Waals surface area (Å²) in [6.45, 7) is -0.253. The molecule has 103 heavy (non-hydrogen) atoms. The van der Waals surface area contributed by atoms with E-state index < -0.39 is 24.2 Å². The van der Waals surface area contributed by atoms with Gasteiger partial charge in [0.25, 0.3) is 6.71 Å². The molecular formula is C96H72BN3Si3. The smallest absolute Gasteiger partial charge is 0.252 e. The number of rotatable bonds is 15. The maximum absolute atomic E-state index is 3.15. The summed E-state index contributed by atoms with van der Waals surface area (Å²) in [6.07, 6.45) is 8.58. The van der Waals surface area contributed by atoms with Crippen LogP contribution < -0.4 is 83.2 Å². The molecule has 0 fully saturated rings. The van der Waals surface area contributed by atoms with Crippen LogP contribution in [0.4, 0.5) is 28.4 Å². The molecule has 2 aliphatic heterocycles. The molecule has 3 nitrogen and oxygen atoms in total. The first kappa shape index (κ1) is 61.9. The van der Waals surface area contributed by atoms with Crippen molar-refractivity contribution in [1.82, 2.24) is 4.57 Å². The van der Waals surface area contributed by atoms with Gasteiger partial charge in [-0.3, -0.25) is 0 Å². The molecule has 3 heterocycles. The van der Waals surface area contributed by atoms with Crippen molar-refractivity contribution in [3.05, 3.63) is 424 Å². The van der Waals surface area contributed by atoms with Crippen LogP contribution in [-0.4, -0.2) is 35.5 Å². The Kier molecular flexibility index (Phi) is 15.5. The number of hydrogen-bond acceptors (Lipinski definition) is 2. The maximum atomic E-state index is 2.71. The lowest BCUT2D eigenvalue weighted by Gasteiger charge is -2.46. The SMILES string of the molecule is C1=CC([Si](c2ccccc2)(c2ccccc2)c2ccccc2)CC=C1N1c2ccc([Si](c3ccccc3)(c3ccccc3)c3ccccc3)cc2B2c3cc([Si](c4ccccc4)(c4ccccc4)c4ccccc4)ccc3N(c3ccccc3)c3cc(-n4c5ccccc5c5ccccc54)cc1c32. The number of allylic oxidation sites excluding steroid dienone is 3. The van der Waals surface area contributed by atoms with Crippen LogP contribution in [0.15, 0.2) is 424 Å². The predicted octanol–water partition coefficient (Wildman–Crippen LogP) is 13.7. The van der Waals surface area contributed by atoms with Crippen molar-refractivity contribution in [2.75, 3.05) is 9.80 Å². The molecule has 1 aliphatic carbocycles. The van der Waals surface area contributed by atoms with Crippen LogP contribution in [0.25, 0.3) is 27.5 Å². The number of fused-ring (bicyclic) bond motifs is 7. The Balaban J connectivity index is 0.943. The zero-order chi connectivity index (χ0) is 68.3. The molecule has 0 N–H and O–H groups in total. The third-order valence-electron chi connectivity index (χ3n) is 22.6. The van der Waals surface area contributed by atoms with Gasteiger partial charge in [0.2, 0.25) is 0 Å². The van der Waals surface area contributed by atoms with Crippen molar-refractivity contribution < 1.29 is 0 Å². The first-order valence-corrected chi connectivity index (χ1v) is 42.2. The Hall–Kier alpha value is -12.1. The van der Waals surface area contributed by atoms with Gasteiger partial charge in [0.15, 0.2) is 24.2 Å². The average Bonchev–Trinajstić information content (AvgIpc) is 1.38. The van der Waals surface area contributed by atoms with Gasteiger partial charge in [0, 0.05) is 44.9 Å². The molecule has 1 atom stereocenters. The molecule has 1 aromatic heterocycles. The molecule has 1 unspecified atom stereocenters. The van der Waals surface area contributed by atoms with E-state index in [0.29, 0.717) is 0 Å². The molecule has 19 rings (SSSR count). The molecule has 0 saturated heterocycles. The minimum Gasteiger partial charge on any atom is -0.312 e. The molecule has 0 radical (unpaired) electrons. The van der Waals surface area contributed by atoms with Crippen molar-refractivity contribution >= 4 is 155 Å². The Morgan fingerprint density at radius 3 is 0.951 bits per heavy atom. The summed E-state index contributed by atoms with van der Waals surface area (Å²) in [6, 6.07) is 153. The van der Waals surface area contributed by atoms with Crippen LogP contribution in [0.3, 0.4) is 0 Å². The van der Waals surface area contributed by atoms with E-state index in [4.69, 9.17) is 0 Å². The van der Waals surface area contributed by atoms with E-state index in [1.54, 1.807) is 0 Å². The molecule has 3 aliphatic rings. The van der Waals surface area contributed by atoms with Gasteiger partial charge in [0.1, 0.15) is 0 Å². The zero-order valence-electron chi connectivity index (χ0n) is 57.0. The van der Waals surface area contributed by atoms with Gasteiger partial charge in [-0.05, 0) is 140 Å². The van der Waals surface area contributed by atoms with Gasteiger partial charge < -0.3 is 14.4 Å². The number of hydrogen-bond donors (Lipinski definition) is 0. The second-order valence-corrected chi connectivity index (χ2v) is 39.4. The van der Waals surface area contributed by atoms with Crippen LogP contribution in [-0.2, 0) is 0 Å². The van der Waals surface area contributed by atoms with Gasteiger partial charge in [0.05, 0.1) is 16.7 Å². The van der Waals surface area contributed by atoms with Gasteiger partial charge in [-0.1, -0.05) is 364 Å². The molecule has 486 valence electrons. The van der Waals surface area contributed by atoms with E-state index >= 15 is 0 Å². The fourth-order valence-corrected chi connectivity index (χ4v) is 33.3. The molecule has 0 spiro atoms. The highest BCUT2D eigenvalue weighted by Crippen LogP contribution is 2.47. The Labute approximate surface area is 606 Å². The van der Waals surface area contributed by atoms with Crippen molar-refractivity contribution in [2.45, 2.75) is 12.0 Å². The first-order chi connectivity index (χ1) is 51.1. The normalized spacial score (nSPS) is 14.0. The monoisotopic (exact) mass is 1360 g/mol. The van der Waals surface area contributed by atoms with Crippen molar-refractivity contribution in [1.29, 1.82) is 0 Å². The molecule has 7 heteroatoms. The minimum atomic E-state index is -3.15. The minimum absolute atomic E-state index is 0.178. The van der Waals surface area contributed by atoms with Crippen LogP contribution in [0.2, 0.25) is 5.54 Å². The van der Waals surface area contributed by atoms with E-state index in [-0.39, 0.29) is 12.3 Å². The van der Waals surface area contributed by atoms with Crippen LogP contribution in [0.1, 0.15) is 6.42 Å². The lowest BCUT2D eigenvalue weighted by atomic mass is 9.33. The summed E-state index contributed by atoms with van der Waals surface area (Å²) in [5, 5.41) is 17.4. The lowest BCUT2D eigenvalue weighted by Crippen LogP contribution is -2.76. The highest BCUT2D eigenvalue weighted by Gasteiger charge is 2.51. The van der Waals surface area contributed by atoms with Gasteiger partial charge >= 0.3 is 0 Å². The van der Waals surface area contributed by atoms with E-state index in [1.165, 1.54) is 112 Å². The van der Waals surface area contributed by atoms with E-state index in [1.807, 2.05) is 0 Å². The van der Waals surface area contributed by atoms with E-state index in [9.17, 15) is 0 Å². The quantitative estimate of drug-likeness (QED) is 0.0749. The number of nitrogens with zero attached hydrogens (tertiary/aromatic N) is 3. The Bertz CT molecular complexity index is 5500. The van der Waals surface area contributed by atoms with Crippen molar-refractivity contribution in [2.24, 2.45) is 0 Å². The summed E-state index contributed by atoms with van der Waals surface area (Å²) >= 11 is 0. The second-order valence-electron chi connectivity index (χ2n) is 27.7. The third-order valence-corrected chi connectivity index (χ3v) is 37.4. The van der Waals surface area contributed by atoms with Gasteiger partial charge in [-0.25, -0.2) is 0 Å². The average molecular weight is 1360 g/mol. The second kappa shape index (κ2) is 25.8. The first-order valence-electron chi connectivity index (χ1n) is 36.1. The lowest BCUT2D eigenvalue weighted by molar-refractivity contribution is 0.967. The predicted molar refractivity (Wildman–Crippen MR) is 446 cm³/mol. The molecule has 16 aromatic rings. The topological polar surface area (TPSA) is 11.4 Å². The van der Waals surface area contributed by atoms with E-state index in [0.717, 1.165) is 29.2 Å². The number of benzene rings is 15. The summed E-state index contributed by atoms with van der Waals surface area (Å²) in [4.78, 5) is 5.31. The third kappa shape index (κ3) is 9.82. The standard InChI is InChI=1S/C96H72BN3Si3/c1-11-35-71(36-12-1)98-92-65-63-84(102(77-43-19-5-20-44-77,78-45-21-6-22-46-78)79-47-23-7-24-48-79)69-88(92)97-89-70-85(103(80-49-25-8-26-50-80,81-51-27-9-28-52-81)82-53-29-10-30-54-82)64-66-93(89)99(95-68-73(67-94(98)96(95)97)100-90-57-33-31-55-86(90)87-56-32-34-58-91(87)100)72-59-61-83(62-60-72)101(74-37-13-2-14-38-74,75-39-15-3-16-40-75)76-41-17-4-18-42-76/h1-61,63-70,83H,62H2. The highest BCUT2D eigenvalue weighted by molar-refractivity contribution is 7.21. The van der Waals surface area contributed by atoms with Crippen LogP contribution in [0, 0.1) is 0 Å².